The summed E-state index contributed by atoms with van der Waals surface area (Å²) in [5.41, 5.74) is 1.10. The van der Waals surface area contributed by atoms with Gasteiger partial charge in [0.1, 0.15) is 0 Å². The molecule has 1 rings (SSSR count). The smallest absolute Gasteiger partial charge is 0.262 e. The molecule has 1 aromatic rings. The third-order valence-electron chi connectivity index (χ3n) is 2.34. The molecule has 0 amide bonds. The quantitative estimate of drug-likeness (QED) is 0.841. The van der Waals surface area contributed by atoms with E-state index in [9.17, 15) is 8.42 Å². The highest BCUT2D eigenvalue weighted by Gasteiger charge is 2.17. The Morgan fingerprint density at radius 2 is 1.71 bits per heavy atom. The second kappa shape index (κ2) is 5.16. The molecule has 0 aliphatic heterocycles. The summed E-state index contributed by atoms with van der Waals surface area (Å²) in [5, 5.41) is 0. The maximum absolute atomic E-state index is 11.7. The van der Waals surface area contributed by atoms with Crippen molar-refractivity contribution in [2.75, 3.05) is 6.61 Å². The molecule has 5 heteroatoms. The first-order chi connectivity index (χ1) is 7.77. The van der Waals surface area contributed by atoms with E-state index in [1.807, 2.05) is 12.1 Å². The summed E-state index contributed by atoms with van der Waals surface area (Å²) in [7, 11) is -3.56. The molecule has 0 bridgehead atoms. The molecule has 0 heterocycles. The minimum absolute atomic E-state index is 0.00956. The zero-order valence-electron chi connectivity index (χ0n) is 10.6. The number of nitrogens with one attached hydrogen (secondary N) is 1. The molecular weight excluding hydrogens is 238 g/mol. The van der Waals surface area contributed by atoms with E-state index in [2.05, 4.69) is 25.7 Å². The van der Waals surface area contributed by atoms with E-state index in [0.29, 0.717) is 6.61 Å². The maximum Gasteiger partial charge on any atom is 0.262 e. The Labute approximate surface area is 103 Å². The van der Waals surface area contributed by atoms with Crippen molar-refractivity contribution in [3.8, 4) is 0 Å². The van der Waals surface area contributed by atoms with Gasteiger partial charge in [-0.2, -0.15) is 0 Å². The van der Waals surface area contributed by atoms with Crippen LogP contribution in [0.4, 0.5) is 0 Å². The Balaban J connectivity index is 2.95. The van der Waals surface area contributed by atoms with Gasteiger partial charge in [0.25, 0.3) is 10.0 Å². The standard InChI is InChI=1S/C12H19NO3S/c1-5-16-13-17(14,15)11-8-6-10(7-9-11)12(2,3)4/h6-9,13H,5H2,1-4H3. The monoisotopic (exact) mass is 257 g/mol. The lowest BCUT2D eigenvalue weighted by Crippen LogP contribution is -2.24. The number of sulfonamides is 1. The van der Waals surface area contributed by atoms with Crippen molar-refractivity contribution in [2.45, 2.75) is 38.0 Å². The van der Waals surface area contributed by atoms with Crippen molar-refractivity contribution >= 4 is 10.0 Å². The summed E-state index contributed by atoms with van der Waals surface area (Å²) < 4.78 is 23.4. The minimum atomic E-state index is -3.56. The van der Waals surface area contributed by atoms with Crippen molar-refractivity contribution < 1.29 is 13.3 Å². The largest absolute Gasteiger partial charge is 0.287 e. The average molecular weight is 257 g/mol. The normalized spacial score (nSPS) is 12.7. The molecule has 1 N–H and O–H groups in total. The molecule has 1 aromatic carbocycles. The van der Waals surface area contributed by atoms with Crippen LogP contribution in [0.1, 0.15) is 33.3 Å². The zero-order chi connectivity index (χ0) is 13.1. The van der Waals surface area contributed by atoms with Crippen molar-refractivity contribution in [1.29, 1.82) is 0 Å². The Morgan fingerprint density at radius 1 is 1.18 bits per heavy atom. The third kappa shape index (κ3) is 3.80. The second-order valence-corrected chi connectivity index (χ2v) is 6.44. The first-order valence-corrected chi connectivity index (χ1v) is 7.00. The predicted molar refractivity (Wildman–Crippen MR) is 67.1 cm³/mol. The summed E-state index contributed by atoms with van der Waals surface area (Å²) in [6.45, 7) is 8.24. The molecule has 0 atom stereocenters. The first-order valence-electron chi connectivity index (χ1n) is 5.51. The van der Waals surface area contributed by atoms with E-state index in [0.717, 1.165) is 5.56 Å². The molecule has 4 nitrogen and oxygen atoms in total. The lowest BCUT2D eigenvalue weighted by molar-refractivity contribution is 0.105. The van der Waals surface area contributed by atoms with Crippen molar-refractivity contribution in [3.05, 3.63) is 29.8 Å². The van der Waals surface area contributed by atoms with Crippen LogP contribution in [0.2, 0.25) is 0 Å². The van der Waals surface area contributed by atoms with Gasteiger partial charge in [0, 0.05) is 0 Å². The number of rotatable bonds is 4. The van der Waals surface area contributed by atoms with E-state index in [4.69, 9.17) is 4.84 Å². The van der Waals surface area contributed by atoms with Crippen LogP contribution in [0.25, 0.3) is 0 Å². The van der Waals surface area contributed by atoms with Crippen molar-refractivity contribution in [3.63, 3.8) is 0 Å². The molecule has 0 radical (unpaired) electrons. The van der Waals surface area contributed by atoms with Crippen LogP contribution >= 0.6 is 0 Å². The molecule has 0 aliphatic carbocycles. The SMILES string of the molecule is CCONS(=O)(=O)c1ccc(C(C)(C)C)cc1. The fourth-order valence-electron chi connectivity index (χ4n) is 1.32. The van der Waals surface area contributed by atoms with Gasteiger partial charge in [-0.3, -0.25) is 4.84 Å². The van der Waals surface area contributed by atoms with Crippen LogP contribution < -0.4 is 4.89 Å². The highest BCUT2D eigenvalue weighted by Crippen LogP contribution is 2.23. The zero-order valence-corrected chi connectivity index (χ0v) is 11.5. The van der Waals surface area contributed by atoms with Crippen LogP contribution in [0.3, 0.4) is 0 Å². The van der Waals surface area contributed by atoms with Crippen LogP contribution in [-0.4, -0.2) is 15.0 Å². The molecule has 17 heavy (non-hydrogen) atoms. The lowest BCUT2D eigenvalue weighted by Gasteiger charge is -2.19. The summed E-state index contributed by atoms with van der Waals surface area (Å²) in [6, 6.07) is 6.81. The van der Waals surface area contributed by atoms with E-state index in [1.54, 1.807) is 19.1 Å². The Kier molecular flexibility index (Phi) is 4.30. The summed E-state index contributed by atoms with van der Waals surface area (Å²) in [5.74, 6) is 0. The number of hydrogen-bond donors (Lipinski definition) is 1. The summed E-state index contributed by atoms with van der Waals surface area (Å²) >= 11 is 0. The van der Waals surface area contributed by atoms with E-state index >= 15 is 0 Å². The molecule has 0 saturated heterocycles. The molecule has 0 fully saturated rings. The topological polar surface area (TPSA) is 55.4 Å². The minimum Gasteiger partial charge on any atom is -0.287 e. The molecule has 0 saturated carbocycles. The fraction of sp³-hybridized carbons (Fsp3) is 0.500. The van der Waals surface area contributed by atoms with Crippen molar-refractivity contribution in [2.24, 2.45) is 0 Å². The van der Waals surface area contributed by atoms with Gasteiger partial charge < -0.3 is 0 Å². The Morgan fingerprint density at radius 3 is 2.12 bits per heavy atom. The van der Waals surface area contributed by atoms with Gasteiger partial charge in [-0.15, -0.1) is 0 Å². The number of benzene rings is 1. The molecule has 0 aromatic heterocycles. The highest BCUT2D eigenvalue weighted by atomic mass is 32.2. The van der Waals surface area contributed by atoms with E-state index in [-0.39, 0.29) is 10.3 Å². The van der Waals surface area contributed by atoms with Crippen LogP contribution in [-0.2, 0) is 20.3 Å². The summed E-state index contributed by atoms with van der Waals surface area (Å²) in [6.07, 6.45) is 0. The third-order valence-corrected chi connectivity index (χ3v) is 3.57. The van der Waals surface area contributed by atoms with Crippen LogP contribution in [0, 0.1) is 0 Å². The van der Waals surface area contributed by atoms with Crippen molar-refractivity contribution in [1.82, 2.24) is 4.89 Å². The van der Waals surface area contributed by atoms with Gasteiger partial charge in [-0.25, -0.2) is 8.42 Å². The second-order valence-electron chi connectivity index (χ2n) is 4.79. The molecule has 0 aliphatic rings. The fourth-order valence-corrected chi connectivity index (χ4v) is 2.18. The predicted octanol–water partition coefficient (Wildman–Crippen LogP) is 2.21. The summed E-state index contributed by atoms with van der Waals surface area (Å²) in [4.78, 5) is 6.97. The van der Waals surface area contributed by atoms with E-state index < -0.39 is 10.0 Å². The van der Waals surface area contributed by atoms with Gasteiger partial charge >= 0.3 is 0 Å². The molecule has 0 spiro atoms. The lowest BCUT2D eigenvalue weighted by atomic mass is 9.87. The van der Waals surface area contributed by atoms with E-state index in [1.165, 1.54) is 0 Å². The van der Waals surface area contributed by atoms with Crippen LogP contribution in [0.5, 0.6) is 0 Å². The molecule has 96 valence electrons. The first kappa shape index (κ1) is 14.2. The van der Waals surface area contributed by atoms with Gasteiger partial charge in [0.15, 0.2) is 0 Å². The van der Waals surface area contributed by atoms with Gasteiger partial charge in [0.05, 0.1) is 11.5 Å². The van der Waals surface area contributed by atoms with Gasteiger partial charge in [0.2, 0.25) is 0 Å². The highest BCUT2D eigenvalue weighted by molar-refractivity contribution is 7.89. The Bertz CT molecular complexity index is 458. The van der Waals surface area contributed by atoms with Crippen LogP contribution in [0.15, 0.2) is 29.2 Å². The van der Waals surface area contributed by atoms with Gasteiger partial charge in [-0.1, -0.05) is 37.8 Å². The van der Waals surface area contributed by atoms with Gasteiger partial charge in [-0.05, 0) is 30.0 Å². The molecule has 0 unspecified atom stereocenters. The number of hydrogen-bond acceptors (Lipinski definition) is 3. The average Bonchev–Trinajstić information content (AvgIpc) is 2.25. The Hall–Kier alpha value is -0.910. The molecular formula is C12H19NO3S. The maximum atomic E-state index is 11.7.